The summed E-state index contributed by atoms with van der Waals surface area (Å²) in [6.07, 6.45) is -4.56. The lowest BCUT2D eigenvalue weighted by Crippen LogP contribution is -2.46. The van der Waals surface area contributed by atoms with E-state index in [1.54, 1.807) is 19.1 Å². The van der Waals surface area contributed by atoms with E-state index in [0.29, 0.717) is 16.9 Å². The van der Waals surface area contributed by atoms with E-state index in [1.807, 2.05) is 0 Å². The van der Waals surface area contributed by atoms with Crippen molar-refractivity contribution in [3.05, 3.63) is 76.5 Å². The third-order valence-electron chi connectivity index (χ3n) is 5.45. The zero-order chi connectivity index (χ0) is 25.8. The Bertz CT molecular complexity index is 1150. The summed E-state index contributed by atoms with van der Waals surface area (Å²) in [5.74, 6) is -1.33. The van der Waals surface area contributed by atoms with Gasteiger partial charge in [-0.15, -0.1) is 0 Å². The summed E-state index contributed by atoms with van der Waals surface area (Å²) in [5.41, 5.74) is 0.450. The monoisotopic (exact) mass is 491 g/mol. The fraction of sp³-hybridized carbons (Fsp3) is 0.292. The van der Waals surface area contributed by atoms with Crippen LogP contribution in [0.1, 0.15) is 34.5 Å². The van der Waals surface area contributed by atoms with Gasteiger partial charge < -0.3 is 25.0 Å². The van der Waals surface area contributed by atoms with Gasteiger partial charge in [0.15, 0.2) is 0 Å². The van der Waals surface area contributed by atoms with Crippen LogP contribution in [-0.4, -0.2) is 50.2 Å². The molecule has 1 unspecified atom stereocenters. The Morgan fingerprint density at radius 1 is 1.11 bits per heavy atom. The second-order valence-electron chi connectivity index (χ2n) is 7.72. The second-order valence-corrected chi connectivity index (χ2v) is 7.72. The summed E-state index contributed by atoms with van der Waals surface area (Å²) in [6, 6.07) is 9.10. The summed E-state index contributed by atoms with van der Waals surface area (Å²) in [7, 11) is 3.00. The topological polar surface area (TPSA) is 97.0 Å². The molecule has 11 heteroatoms. The van der Waals surface area contributed by atoms with Crippen LogP contribution in [0.25, 0.3) is 0 Å². The highest BCUT2D eigenvalue weighted by Gasteiger charge is 2.35. The molecule has 0 aliphatic carbocycles. The normalized spacial score (nSPS) is 16.1. The van der Waals surface area contributed by atoms with Crippen LogP contribution < -0.4 is 10.6 Å². The van der Waals surface area contributed by atoms with Crippen molar-refractivity contribution in [2.45, 2.75) is 19.1 Å². The Morgan fingerprint density at radius 2 is 1.80 bits per heavy atom. The number of hydrogen-bond acceptors (Lipinski definition) is 5. The minimum atomic E-state index is -4.56. The van der Waals surface area contributed by atoms with Crippen molar-refractivity contribution >= 4 is 23.6 Å². The van der Waals surface area contributed by atoms with E-state index in [1.165, 1.54) is 37.3 Å². The van der Waals surface area contributed by atoms with Gasteiger partial charge in [-0.1, -0.05) is 18.2 Å². The summed E-state index contributed by atoms with van der Waals surface area (Å²) < 4.78 is 48.9. The van der Waals surface area contributed by atoms with E-state index in [9.17, 15) is 27.6 Å². The van der Waals surface area contributed by atoms with Crippen molar-refractivity contribution in [2.24, 2.45) is 0 Å². The number of benzene rings is 2. The highest BCUT2D eigenvalue weighted by molar-refractivity contribution is 6.04. The molecule has 0 radical (unpaired) electrons. The number of alkyl halides is 3. The maximum atomic E-state index is 12.9. The number of rotatable bonds is 7. The van der Waals surface area contributed by atoms with Crippen molar-refractivity contribution in [1.82, 2.24) is 10.2 Å². The molecule has 8 nitrogen and oxygen atoms in total. The first-order valence-corrected chi connectivity index (χ1v) is 10.5. The number of nitrogens with one attached hydrogen (secondary N) is 2. The Balaban J connectivity index is 1.80. The number of amides is 3. The van der Waals surface area contributed by atoms with Crippen molar-refractivity contribution in [3.8, 4) is 0 Å². The molecular formula is C24H24F3N3O5. The van der Waals surface area contributed by atoms with Gasteiger partial charge in [0.05, 0.1) is 23.8 Å². The molecular weight excluding hydrogens is 467 g/mol. The number of allylic oxidation sites excluding steroid dienone is 1. The van der Waals surface area contributed by atoms with E-state index in [2.05, 4.69) is 10.6 Å². The Labute approximate surface area is 199 Å². The summed E-state index contributed by atoms with van der Waals surface area (Å²) in [5, 5.41) is 5.28. The SMILES string of the molecule is COCCOC(=O)C1=C(C)N(C)C(=O)NC1c1ccc(NC(=O)c2cccc(C(F)(F)F)c2)cc1. The number of anilines is 1. The maximum absolute atomic E-state index is 12.9. The molecule has 1 atom stereocenters. The minimum Gasteiger partial charge on any atom is -0.460 e. The molecule has 2 aromatic carbocycles. The van der Waals surface area contributed by atoms with Gasteiger partial charge in [-0.3, -0.25) is 4.79 Å². The van der Waals surface area contributed by atoms with E-state index >= 15 is 0 Å². The third-order valence-corrected chi connectivity index (χ3v) is 5.45. The minimum absolute atomic E-state index is 0.0387. The molecule has 1 aliphatic heterocycles. The van der Waals surface area contributed by atoms with Gasteiger partial charge in [0, 0.05) is 31.1 Å². The van der Waals surface area contributed by atoms with Gasteiger partial charge >= 0.3 is 18.2 Å². The number of methoxy groups -OCH3 is 1. The van der Waals surface area contributed by atoms with Crippen LogP contribution in [0.3, 0.4) is 0 Å². The van der Waals surface area contributed by atoms with Crippen LogP contribution in [0, 0.1) is 0 Å². The number of esters is 1. The van der Waals surface area contributed by atoms with Crippen LogP contribution in [0.2, 0.25) is 0 Å². The predicted molar refractivity (Wildman–Crippen MR) is 120 cm³/mol. The van der Waals surface area contributed by atoms with E-state index in [4.69, 9.17) is 9.47 Å². The second kappa shape index (κ2) is 10.6. The Morgan fingerprint density at radius 3 is 2.43 bits per heavy atom. The summed E-state index contributed by atoms with van der Waals surface area (Å²) in [6.45, 7) is 1.88. The summed E-state index contributed by atoms with van der Waals surface area (Å²) >= 11 is 0. The molecule has 1 heterocycles. The molecule has 0 fully saturated rings. The van der Waals surface area contributed by atoms with Crippen LogP contribution in [0.5, 0.6) is 0 Å². The molecule has 0 spiro atoms. The fourth-order valence-corrected chi connectivity index (χ4v) is 3.44. The molecule has 0 saturated heterocycles. The van der Waals surface area contributed by atoms with Crippen molar-refractivity contribution in [2.75, 3.05) is 32.7 Å². The first-order chi connectivity index (χ1) is 16.5. The van der Waals surface area contributed by atoms with Gasteiger partial charge in [0.25, 0.3) is 5.91 Å². The van der Waals surface area contributed by atoms with Gasteiger partial charge in [-0.2, -0.15) is 13.2 Å². The molecule has 0 bridgehead atoms. The van der Waals surface area contributed by atoms with Crippen molar-refractivity contribution in [3.63, 3.8) is 0 Å². The van der Waals surface area contributed by atoms with E-state index in [-0.39, 0.29) is 24.4 Å². The van der Waals surface area contributed by atoms with Crippen LogP contribution in [-0.2, 0) is 20.4 Å². The summed E-state index contributed by atoms with van der Waals surface area (Å²) in [4.78, 5) is 38.8. The average molecular weight is 491 g/mol. The molecule has 1 aliphatic rings. The maximum Gasteiger partial charge on any atom is 0.416 e. The molecule has 35 heavy (non-hydrogen) atoms. The Hall–Kier alpha value is -3.86. The molecule has 2 aromatic rings. The van der Waals surface area contributed by atoms with Crippen molar-refractivity contribution in [1.29, 1.82) is 0 Å². The van der Waals surface area contributed by atoms with Gasteiger partial charge in [-0.25, -0.2) is 9.59 Å². The Kier molecular flexibility index (Phi) is 7.80. The first kappa shape index (κ1) is 25.8. The molecule has 2 N–H and O–H groups in total. The fourth-order valence-electron chi connectivity index (χ4n) is 3.44. The number of halogens is 3. The molecule has 0 saturated carbocycles. The lowest BCUT2D eigenvalue weighted by Gasteiger charge is -2.33. The number of hydrogen-bond donors (Lipinski definition) is 2. The number of urea groups is 1. The zero-order valence-electron chi connectivity index (χ0n) is 19.2. The molecule has 3 rings (SSSR count). The predicted octanol–water partition coefficient (Wildman–Crippen LogP) is 4.12. The quantitative estimate of drug-likeness (QED) is 0.449. The lowest BCUT2D eigenvalue weighted by atomic mass is 9.95. The van der Waals surface area contributed by atoms with E-state index in [0.717, 1.165) is 18.2 Å². The van der Waals surface area contributed by atoms with Crippen molar-refractivity contribution < 1.29 is 37.0 Å². The zero-order valence-corrected chi connectivity index (χ0v) is 19.2. The highest BCUT2D eigenvalue weighted by Crippen LogP contribution is 2.32. The number of carbonyl (C=O) groups is 3. The molecule has 186 valence electrons. The van der Waals surface area contributed by atoms with Gasteiger partial charge in [-0.05, 0) is 42.8 Å². The molecule has 3 amide bonds. The van der Waals surface area contributed by atoms with E-state index < -0.39 is 35.7 Å². The number of ether oxygens (including phenoxy) is 2. The van der Waals surface area contributed by atoms with Crippen LogP contribution in [0.4, 0.5) is 23.7 Å². The van der Waals surface area contributed by atoms with Crippen LogP contribution in [0.15, 0.2) is 59.8 Å². The largest absolute Gasteiger partial charge is 0.460 e. The number of nitrogens with zero attached hydrogens (tertiary/aromatic N) is 1. The average Bonchev–Trinajstić information content (AvgIpc) is 2.82. The third kappa shape index (κ3) is 5.99. The first-order valence-electron chi connectivity index (χ1n) is 10.5. The molecule has 0 aromatic heterocycles. The van der Waals surface area contributed by atoms with Gasteiger partial charge in [0.2, 0.25) is 0 Å². The smallest absolute Gasteiger partial charge is 0.416 e. The number of carbonyl (C=O) groups excluding carboxylic acids is 3. The highest BCUT2D eigenvalue weighted by atomic mass is 19.4. The standard InChI is InChI=1S/C24H24F3N3O5/c1-14-19(22(32)35-12-11-34-3)20(29-23(33)30(14)2)15-7-9-18(10-8-15)28-21(31)16-5-4-6-17(13-16)24(25,26)27/h4-10,13,20H,11-12H2,1-3H3,(H,28,31)(H,29,33). The lowest BCUT2D eigenvalue weighted by molar-refractivity contribution is -0.141. The van der Waals surface area contributed by atoms with Crippen LogP contribution >= 0.6 is 0 Å². The van der Waals surface area contributed by atoms with Gasteiger partial charge in [0.1, 0.15) is 6.61 Å².